The molecule has 2 heterocycles. The van der Waals surface area contributed by atoms with Crippen LogP contribution in [0, 0.1) is 0 Å². The normalized spacial score (nSPS) is 19.7. The van der Waals surface area contributed by atoms with Gasteiger partial charge in [-0.3, -0.25) is 4.99 Å². The first kappa shape index (κ1) is 19.3. The van der Waals surface area contributed by atoms with Crippen molar-refractivity contribution in [2.45, 2.75) is 44.4 Å². The van der Waals surface area contributed by atoms with Gasteiger partial charge in [-0.25, -0.2) is 0 Å². The molecule has 1 atom stereocenters. The number of allylic oxidation sites excluding steroid dienone is 3. The van der Waals surface area contributed by atoms with Crippen molar-refractivity contribution in [2.24, 2.45) is 4.99 Å². The zero-order chi connectivity index (χ0) is 19.4. The third kappa shape index (κ3) is 4.81. The van der Waals surface area contributed by atoms with Gasteiger partial charge in [0.25, 0.3) is 0 Å². The third-order valence-corrected chi connectivity index (χ3v) is 4.93. The Kier molecular flexibility index (Phi) is 5.73. The fraction of sp³-hybridized carbons (Fsp3) is 0.381. The van der Waals surface area contributed by atoms with Crippen molar-refractivity contribution >= 4 is 5.71 Å². The molecule has 1 N–H and O–H groups in total. The number of likely N-dealkylation sites (tertiary alicyclic amines) is 1. The first-order valence-electron chi connectivity index (χ1n) is 9.09. The number of nitrogens with one attached hydrogen (secondary N) is 1. The van der Waals surface area contributed by atoms with Gasteiger partial charge in [0.15, 0.2) is 0 Å². The van der Waals surface area contributed by atoms with E-state index in [0.29, 0.717) is 18.7 Å². The van der Waals surface area contributed by atoms with Crippen LogP contribution in [-0.2, 0) is 6.54 Å². The average molecular weight is 375 g/mol. The zero-order valence-corrected chi connectivity index (χ0v) is 15.2. The fourth-order valence-electron chi connectivity index (χ4n) is 3.54. The molecule has 3 nitrogen and oxygen atoms in total. The van der Waals surface area contributed by atoms with Gasteiger partial charge in [0, 0.05) is 43.0 Å². The minimum Gasteiger partial charge on any atom is -0.383 e. The second-order valence-corrected chi connectivity index (χ2v) is 6.93. The molecule has 1 unspecified atom stereocenters. The summed E-state index contributed by atoms with van der Waals surface area (Å²) in [7, 11) is 0. The van der Waals surface area contributed by atoms with E-state index in [1.54, 1.807) is 0 Å². The summed E-state index contributed by atoms with van der Waals surface area (Å²) in [6, 6.07) is 10.2. The number of alkyl halides is 3. The van der Waals surface area contributed by atoms with Crippen LogP contribution < -0.4 is 5.32 Å². The van der Waals surface area contributed by atoms with Crippen molar-refractivity contribution in [3.05, 3.63) is 72.2 Å². The summed E-state index contributed by atoms with van der Waals surface area (Å²) in [5.41, 5.74) is 2.61. The molecule has 1 aromatic carbocycles. The first-order chi connectivity index (χ1) is 12.8. The molecule has 27 heavy (non-hydrogen) atoms. The monoisotopic (exact) mass is 375 g/mol. The van der Waals surface area contributed by atoms with Crippen LogP contribution >= 0.6 is 0 Å². The van der Waals surface area contributed by atoms with Crippen LogP contribution in [0.1, 0.15) is 31.2 Å². The Bertz CT molecular complexity index is 763. The van der Waals surface area contributed by atoms with Crippen LogP contribution in [0.5, 0.6) is 0 Å². The van der Waals surface area contributed by atoms with Crippen LogP contribution in [0.4, 0.5) is 13.2 Å². The molecule has 0 radical (unpaired) electrons. The smallest absolute Gasteiger partial charge is 0.383 e. The number of hydrogen-bond acceptors (Lipinski definition) is 3. The summed E-state index contributed by atoms with van der Waals surface area (Å²) in [5, 5.41) is 3.38. The van der Waals surface area contributed by atoms with E-state index in [1.807, 2.05) is 18.2 Å². The van der Waals surface area contributed by atoms with Gasteiger partial charge in [-0.05, 0) is 24.5 Å². The summed E-state index contributed by atoms with van der Waals surface area (Å²) >= 11 is 0. The van der Waals surface area contributed by atoms with Gasteiger partial charge in [0.1, 0.15) is 5.70 Å². The molecule has 0 spiro atoms. The lowest BCUT2D eigenvalue weighted by molar-refractivity contribution is -0.0921. The molecular weight excluding hydrogens is 351 g/mol. The van der Waals surface area contributed by atoms with Crippen molar-refractivity contribution < 1.29 is 13.2 Å². The molecule has 0 saturated carbocycles. The second kappa shape index (κ2) is 8.03. The highest BCUT2D eigenvalue weighted by atomic mass is 19.4. The zero-order valence-electron chi connectivity index (χ0n) is 15.2. The summed E-state index contributed by atoms with van der Waals surface area (Å²) in [4.78, 5) is 5.89. The molecule has 0 aromatic heterocycles. The van der Waals surface area contributed by atoms with Crippen molar-refractivity contribution in [1.82, 2.24) is 10.2 Å². The van der Waals surface area contributed by atoms with Crippen molar-refractivity contribution in [1.29, 1.82) is 0 Å². The molecule has 0 bridgehead atoms. The lowest BCUT2D eigenvalue weighted by Gasteiger charge is -2.30. The van der Waals surface area contributed by atoms with E-state index in [4.69, 9.17) is 0 Å². The number of rotatable bonds is 7. The Morgan fingerprint density at radius 1 is 1.22 bits per heavy atom. The van der Waals surface area contributed by atoms with Gasteiger partial charge in [0.05, 0.1) is 6.04 Å². The molecule has 0 aliphatic carbocycles. The predicted octanol–water partition coefficient (Wildman–Crippen LogP) is 4.95. The Morgan fingerprint density at radius 3 is 2.63 bits per heavy atom. The number of halogens is 3. The van der Waals surface area contributed by atoms with Crippen LogP contribution in [0.3, 0.4) is 0 Å². The summed E-state index contributed by atoms with van der Waals surface area (Å²) < 4.78 is 38.2. The standard InChI is InChI=1S/C21H24F3N3/c1-15(13-18-10-11-20(26-18)21(22,23)24)27-12-6-9-19(27)16(2)25-14-17-7-4-3-5-8-17/h3-5,7-8,11,19,25H,1-2,6,9-10,12-14H2. The molecule has 2 aliphatic rings. The van der Waals surface area contributed by atoms with E-state index < -0.39 is 11.9 Å². The largest absolute Gasteiger partial charge is 0.433 e. The van der Waals surface area contributed by atoms with Gasteiger partial charge in [-0.1, -0.05) is 43.5 Å². The lowest BCUT2D eigenvalue weighted by Crippen LogP contribution is -2.35. The van der Waals surface area contributed by atoms with Crippen LogP contribution in [-0.4, -0.2) is 29.4 Å². The molecule has 3 rings (SSSR count). The van der Waals surface area contributed by atoms with E-state index in [0.717, 1.165) is 36.9 Å². The summed E-state index contributed by atoms with van der Waals surface area (Å²) in [5.74, 6) is 0. The van der Waals surface area contributed by atoms with Crippen molar-refractivity contribution in [2.75, 3.05) is 6.54 Å². The predicted molar refractivity (Wildman–Crippen MR) is 102 cm³/mol. The summed E-state index contributed by atoms with van der Waals surface area (Å²) in [6.45, 7) is 9.82. The highest BCUT2D eigenvalue weighted by molar-refractivity contribution is 5.90. The van der Waals surface area contributed by atoms with Crippen LogP contribution in [0.25, 0.3) is 0 Å². The average Bonchev–Trinajstić information content (AvgIpc) is 3.29. The maximum absolute atomic E-state index is 12.7. The van der Waals surface area contributed by atoms with Crippen LogP contribution in [0.15, 0.2) is 71.6 Å². The summed E-state index contributed by atoms with van der Waals surface area (Å²) in [6.07, 6.45) is -0.677. The number of hydrogen-bond donors (Lipinski definition) is 1. The first-order valence-corrected chi connectivity index (χ1v) is 9.09. The Hall–Kier alpha value is -2.50. The van der Waals surface area contributed by atoms with E-state index in [1.165, 1.54) is 5.56 Å². The van der Waals surface area contributed by atoms with Gasteiger partial charge in [-0.15, -0.1) is 0 Å². The molecule has 1 aromatic rings. The van der Waals surface area contributed by atoms with Crippen LogP contribution in [0.2, 0.25) is 0 Å². The molecule has 1 fully saturated rings. The highest BCUT2D eigenvalue weighted by Gasteiger charge is 2.36. The van der Waals surface area contributed by atoms with Gasteiger partial charge >= 0.3 is 6.18 Å². The minimum absolute atomic E-state index is 0.110. The molecule has 0 amide bonds. The number of aliphatic imine (C=N–C) groups is 1. The quantitative estimate of drug-likeness (QED) is 0.730. The topological polar surface area (TPSA) is 27.6 Å². The van der Waals surface area contributed by atoms with Gasteiger partial charge < -0.3 is 10.2 Å². The van der Waals surface area contributed by atoms with E-state index in [9.17, 15) is 13.2 Å². The third-order valence-electron chi connectivity index (χ3n) is 4.93. The van der Waals surface area contributed by atoms with Gasteiger partial charge in [0.2, 0.25) is 0 Å². The van der Waals surface area contributed by atoms with E-state index in [-0.39, 0.29) is 12.5 Å². The SMILES string of the molecule is C=C(NCc1ccccc1)C1CCCN1C(=C)CC1=NC(C(F)(F)F)=CC1. The highest BCUT2D eigenvalue weighted by Crippen LogP contribution is 2.32. The van der Waals surface area contributed by atoms with Crippen molar-refractivity contribution in [3.63, 3.8) is 0 Å². The number of nitrogens with zero attached hydrogens (tertiary/aromatic N) is 2. The molecule has 144 valence electrons. The van der Waals surface area contributed by atoms with Gasteiger partial charge in [-0.2, -0.15) is 13.2 Å². The molecular formula is C21H24F3N3. The number of benzene rings is 1. The Labute approximate surface area is 158 Å². The van der Waals surface area contributed by atoms with E-state index >= 15 is 0 Å². The molecule has 2 aliphatic heterocycles. The maximum atomic E-state index is 12.7. The lowest BCUT2D eigenvalue weighted by atomic mass is 10.1. The van der Waals surface area contributed by atoms with E-state index in [2.05, 4.69) is 40.5 Å². The maximum Gasteiger partial charge on any atom is 0.433 e. The molecule has 6 heteroatoms. The molecule has 1 saturated heterocycles. The second-order valence-electron chi connectivity index (χ2n) is 6.93. The Morgan fingerprint density at radius 2 is 1.96 bits per heavy atom. The minimum atomic E-state index is -4.38. The fourth-order valence-corrected chi connectivity index (χ4v) is 3.54. The Balaban J connectivity index is 1.56. The van der Waals surface area contributed by atoms with Crippen molar-refractivity contribution in [3.8, 4) is 0 Å².